The van der Waals surface area contributed by atoms with Crippen molar-refractivity contribution in [2.75, 3.05) is 13.2 Å². The van der Waals surface area contributed by atoms with Gasteiger partial charge in [0, 0.05) is 13.2 Å². The number of hydrogen-bond donors (Lipinski definition) is 1. The van der Waals surface area contributed by atoms with Gasteiger partial charge in [0.15, 0.2) is 0 Å². The molecule has 1 aliphatic carbocycles. The topological polar surface area (TPSA) is 38.3 Å². The Morgan fingerprint density at radius 3 is 2.55 bits per heavy atom. The molecule has 20 heavy (non-hydrogen) atoms. The van der Waals surface area contributed by atoms with E-state index in [1.54, 1.807) is 12.1 Å². The van der Waals surface area contributed by atoms with E-state index in [0.717, 1.165) is 24.8 Å². The largest absolute Gasteiger partial charge is 0.379 e. The summed E-state index contributed by atoms with van der Waals surface area (Å²) in [4.78, 5) is 12.3. The minimum Gasteiger partial charge on any atom is -0.379 e. The molecule has 4 heteroatoms. The number of amides is 1. The van der Waals surface area contributed by atoms with Gasteiger partial charge >= 0.3 is 0 Å². The molecule has 0 radical (unpaired) electrons. The van der Waals surface area contributed by atoms with Crippen LogP contribution in [0.4, 0.5) is 4.39 Å². The minimum absolute atomic E-state index is 0.0497. The quantitative estimate of drug-likeness (QED) is 0.779. The molecule has 1 fully saturated rings. The van der Waals surface area contributed by atoms with E-state index in [9.17, 15) is 9.18 Å². The molecule has 110 valence electrons. The molecule has 0 saturated heterocycles. The molecule has 3 nitrogen and oxygen atoms in total. The van der Waals surface area contributed by atoms with Crippen LogP contribution in [0.2, 0.25) is 0 Å². The van der Waals surface area contributed by atoms with Gasteiger partial charge in [-0.2, -0.15) is 0 Å². The van der Waals surface area contributed by atoms with Crippen LogP contribution in [0.1, 0.15) is 38.7 Å². The number of halogens is 1. The third-order valence-electron chi connectivity index (χ3n) is 3.64. The number of ether oxygens (including phenoxy) is 1. The minimum atomic E-state index is -0.424. The molecule has 0 spiro atoms. The molecule has 1 saturated carbocycles. The van der Waals surface area contributed by atoms with Crippen molar-refractivity contribution in [1.29, 1.82) is 0 Å². The summed E-state index contributed by atoms with van der Waals surface area (Å²) < 4.78 is 18.4. The normalized spacial score (nSPS) is 16.2. The van der Waals surface area contributed by atoms with Crippen molar-refractivity contribution in [2.45, 2.75) is 44.6 Å². The van der Waals surface area contributed by atoms with E-state index in [4.69, 9.17) is 4.74 Å². The highest BCUT2D eigenvalue weighted by Crippen LogP contribution is 2.48. The van der Waals surface area contributed by atoms with Crippen molar-refractivity contribution < 1.29 is 13.9 Å². The molecular weight excluding hydrogens is 257 g/mol. The van der Waals surface area contributed by atoms with Crippen LogP contribution in [0.15, 0.2) is 24.3 Å². The highest BCUT2D eigenvalue weighted by Gasteiger charge is 2.50. The second-order valence-corrected chi connectivity index (χ2v) is 5.62. The highest BCUT2D eigenvalue weighted by atomic mass is 19.1. The molecule has 0 atom stereocenters. The molecule has 0 bridgehead atoms. The first-order valence-corrected chi connectivity index (χ1v) is 7.20. The average Bonchev–Trinajstić information content (AvgIpc) is 3.20. The van der Waals surface area contributed by atoms with Crippen LogP contribution >= 0.6 is 0 Å². The summed E-state index contributed by atoms with van der Waals surface area (Å²) in [6.45, 7) is 5.26. The van der Waals surface area contributed by atoms with E-state index >= 15 is 0 Å². The molecule has 1 aromatic carbocycles. The zero-order valence-corrected chi connectivity index (χ0v) is 12.1. The van der Waals surface area contributed by atoms with Gasteiger partial charge in [0.2, 0.25) is 5.91 Å². The van der Waals surface area contributed by atoms with Crippen molar-refractivity contribution in [3.8, 4) is 0 Å². The van der Waals surface area contributed by atoms with E-state index in [1.165, 1.54) is 12.1 Å². The Morgan fingerprint density at radius 2 is 2.00 bits per heavy atom. The Hall–Kier alpha value is -1.42. The number of carbonyl (C=O) groups is 1. The van der Waals surface area contributed by atoms with E-state index < -0.39 is 5.41 Å². The Balaban J connectivity index is 1.81. The Bertz CT molecular complexity index is 452. The molecule has 0 heterocycles. The maximum absolute atomic E-state index is 12.9. The van der Waals surface area contributed by atoms with E-state index in [-0.39, 0.29) is 17.8 Å². The number of carbonyl (C=O) groups excluding carboxylic acids is 1. The van der Waals surface area contributed by atoms with Gasteiger partial charge in [0.1, 0.15) is 5.82 Å². The second kappa shape index (κ2) is 6.35. The van der Waals surface area contributed by atoms with Gasteiger partial charge in [-0.3, -0.25) is 4.79 Å². The van der Waals surface area contributed by atoms with Gasteiger partial charge in [-0.15, -0.1) is 0 Å². The van der Waals surface area contributed by atoms with Crippen LogP contribution in [0.3, 0.4) is 0 Å². The fourth-order valence-corrected chi connectivity index (χ4v) is 2.30. The highest BCUT2D eigenvalue weighted by molar-refractivity contribution is 5.91. The van der Waals surface area contributed by atoms with E-state index in [0.29, 0.717) is 13.2 Å². The predicted octanol–water partition coefficient (Wildman–Crippen LogP) is 2.79. The standard InChI is InChI=1S/C16H22FNO2/c1-12(2)20-11-3-10-18-15(19)16(8-9-16)13-4-6-14(17)7-5-13/h4-7,12H,3,8-11H2,1-2H3,(H,18,19). The van der Waals surface area contributed by atoms with Gasteiger partial charge in [0.25, 0.3) is 0 Å². The molecular formula is C16H22FNO2. The van der Waals surface area contributed by atoms with Gasteiger partial charge in [0.05, 0.1) is 11.5 Å². The van der Waals surface area contributed by atoms with Crippen molar-refractivity contribution in [2.24, 2.45) is 0 Å². The Kier molecular flexibility index (Phi) is 4.76. The van der Waals surface area contributed by atoms with Gasteiger partial charge in [-0.1, -0.05) is 12.1 Å². The lowest BCUT2D eigenvalue weighted by atomic mass is 9.95. The second-order valence-electron chi connectivity index (χ2n) is 5.62. The fourth-order valence-electron chi connectivity index (χ4n) is 2.30. The maximum atomic E-state index is 12.9. The molecule has 0 aromatic heterocycles. The first-order valence-electron chi connectivity index (χ1n) is 7.20. The van der Waals surface area contributed by atoms with Gasteiger partial charge < -0.3 is 10.1 Å². The van der Waals surface area contributed by atoms with Gasteiger partial charge in [-0.05, 0) is 50.8 Å². The third kappa shape index (κ3) is 3.57. The number of benzene rings is 1. The first-order chi connectivity index (χ1) is 9.54. The molecule has 2 rings (SSSR count). The number of rotatable bonds is 7. The van der Waals surface area contributed by atoms with Crippen molar-refractivity contribution >= 4 is 5.91 Å². The van der Waals surface area contributed by atoms with E-state index in [1.807, 2.05) is 13.8 Å². The predicted molar refractivity (Wildman–Crippen MR) is 76.0 cm³/mol. The summed E-state index contributed by atoms with van der Waals surface area (Å²) in [6, 6.07) is 6.26. The molecule has 1 aromatic rings. The maximum Gasteiger partial charge on any atom is 0.230 e. The first kappa shape index (κ1) is 15.0. The van der Waals surface area contributed by atoms with Crippen molar-refractivity contribution in [1.82, 2.24) is 5.32 Å². The van der Waals surface area contributed by atoms with Crippen LogP contribution in [0.25, 0.3) is 0 Å². The average molecular weight is 279 g/mol. The van der Waals surface area contributed by atoms with Crippen LogP contribution in [-0.2, 0) is 14.9 Å². The number of nitrogens with one attached hydrogen (secondary N) is 1. The van der Waals surface area contributed by atoms with E-state index in [2.05, 4.69) is 5.32 Å². The lowest BCUT2D eigenvalue weighted by Gasteiger charge is -2.16. The lowest BCUT2D eigenvalue weighted by Crippen LogP contribution is -2.35. The van der Waals surface area contributed by atoms with Crippen molar-refractivity contribution in [3.63, 3.8) is 0 Å². The summed E-state index contributed by atoms with van der Waals surface area (Å²) in [5.41, 5.74) is 0.488. The fraction of sp³-hybridized carbons (Fsp3) is 0.562. The summed E-state index contributed by atoms with van der Waals surface area (Å²) in [5.74, 6) is -0.218. The Labute approximate surface area is 119 Å². The summed E-state index contributed by atoms with van der Waals surface area (Å²) in [6.07, 6.45) is 2.71. The van der Waals surface area contributed by atoms with Gasteiger partial charge in [-0.25, -0.2) is 4.39 Å². The van der Waals surface area contributed by atoms with Crippen molar-refractivity contribution in [3.05, 3.63) is 35.6 Å². The molecule has 1 N–H and O–H groups in total. The molecule has 1 aliphatic rings. The van der Waals surface area contributed by atoms with Crippen LogP contribution in [-0.4, -0.2) is 25.2 Å². The number of hydrogen-bond acceptors (Lipinski definition) is 2. The SMILES string of the molecule is CC(C)OCCCNC(=O)C1(c2ccc(F)cc2)CC1. The monoisotopic (exact) mass is 279 g/mol. The smallest absolute Gasteiger partial charge is 0.230 e. The molecule has 1 amide bonds. The summed E-state index contributed by atoms with van der Waals surface area (Å²) in [5, 5.41) is 2.96. The summed E-state index contributed by atoms with van der Waals surface area (Å²) in [7, 11) is 0. The zero-order valence-electron chi connectivity index (χ0n) is 12.1. The van der Waals surface area contributed by atoms with Crippen LogP contribution in [0, 0.1) is 5.82 Å². The lowest BCUT2D eigenvalue weighted by molar-refractivity contribution is -0.123. The van der Waals surface area contributed by atoms with Crippen LogP contribution in [0.5, 0.6) is 0 Å². The Morgan fingerprint density at radius 1 is 1.35 bits per heavy atom. The molecule has 0 unspecified atom stereocenters. The zero-order chi connectivity index (χ0) is 14.6. The third-order valence-corrected chi connectivity index (χ3v) is 3.64. The molecule has 0 aliphatic heterocycles. The van der Waals surface area contributed by atoms with Crippen LogP contribution < -0.4 is 5.32 Å². The summed E-state index contributed by atoms with van der Waals surface area (Å²) >= 11 is 0.